The molecule has 2 rings (SSSR count). The van der Waals surface area contributed by atoms with Crippen LogP contribution in [0.25, 0.3) is 0 Å². The summed E-state index contributed by atoms with van der Waals surface area (Å²) >= 11 is 0. The van der Waals surface area contributed by atoms with Gasteiger partial charge in [-0.1, -0.05) is 6.92 Å². The van der Waals surface area contributed by atoms with Gasteiger partial charge in [0, 0.05) is 18.3 Å². The van der Waals surface area contributed by atoms with Gasteiger partial charge < -0.3 is 9.73 Å². The molecule has 1 atom stereocenters. The van der Waals surface area contributed by atoms with Crippen LogP contribution in [0.4, 0.5) is 0 Å². The van der Waals surface area contributed by atoms with Gasteiger partial charge in [-0.25, -0.2) is 0 Å². The molecule has 0 saturated carbocycles. The standard InChI is InChI=1S/C12H17N3O/c1-3-6-15-9-10(8-14-15)12(13-2)11-5-4-7-16-11/h4-5,7-9,12-13H,3,6H2,1-2H3. The maximum atomic E-state index is 5.41. The fourth-order valence-corrected chi connectivity index (χ4v) is 1.81. The highest BCUT2D eigenvalue weighted by Gasteiger charge is 2.16. The Bertz CT molecular complexity index is 419. The molecule has 2 heterocycles. The number of aryl methyl sites for hydroxylation is 1. The predicted molar refractivity (Wildman–Crippen MR) is 62.1 cm³/mol. The zero-order chi connectivity index (χ0) is 11.4. The van der Waals surface area contributed by atoms with Crippen LogP contribution in [0.1, 0.15) is 30.7 Å². The van der Waals surface area contributed by atoms with Crippen molar-refractivity contribution in [3.05, 3.63) is 42.1 Å². The average Bonchev–Trinajstić information content (AvgIpc) is 2.92. The molecule has 0 saturated heterocycles. The van der Waals surface area contributed by atoms with Crippen LogP contribution in [0.3, 0.4) is 0 Å². The summed E-state index contributed by atoms with van der Waals surface area (Å²) in [5.74, 6) is 0.915. The Hall–Kier alpha value is -1.55. The molecular formula is C12H17N3O. The lowest BCUT2D eigenvalue weighted by atomic mass is 10.1. The topological polar surface area (TPSA) is 43.0 Å². The average molecular weight is 219 g/mol. The van der Waals surface area contributed by atoms with E-state index in [4.69, 9.17) is 4.42 Å². The number of rotatable bonds is 5. The molecule has 86 valence electrons. The van der Waals surface area contributed by atoms with Crippen LogP contribution in [0.15, 0.2) is 35.2 Å². The third-order valence-electron chi connectivity index (χ3n) is 2.56. The molecule has 0 aliphatic carbocycles. The lowest BCUT2D eigenvalue weighted by Gasteiger charge is -2.10. The SMILES string of the molecule is CCCn1cc(C(NC)c2ccco2)cn1. The van der Waals surface area contributed by atoms with E-state index in [0.717, 1.165) is 24.3 Å². The van der Waals surface area contributed by atoms with Crippen LogP contribution >= 0.6 is 0 Å². The second-order valence-electron chi connectivity index (χ2n) is 3.77. The van der Waals surface area contributed by atoms with Crippen LogP contribution in [-0.2, 0) is 6.54 Å². The molecule has 2 aromatic heterocycles. The van der Waals surface area contributed by atoms with E-state index in [1.165, 1.54) is 0 Å². The van der Waals surface area contributed by atoms with Crippen molar-refractivity contribution in [3.8, 4) is 0 Å². The predicted octanol–water partition coefficient (Wildman–Crippen LogP) is 2.19. The van der Waals surface area contributed by atoms with E-state index < -0.39 is 0 Å². The van der Waals surface area contributed by atoms with Gasteiger partial charge in [0.2, 0.25) is 0 Å². The molecular weight excluding hydrogens is 202 g/mol. The monoisotopic (exact) mass is 219 g/mol. The van der Waals surface area contributed by atoms with Crippen molar-refractivity contribution in [3.63, 3.8) is 0 Å². The lowest BCUT2D eigenvalue weighted by molar-refractivity contribution is 0.463. The minimum Gasteiger partial charge on any atom is -0.467 e. The Labute approximate surface area is 95.3 Å². The van der Waals surface area contributed by atoms with Gasteiger partial charge in [0.25, 0.3) is 0 Å². The first-order valence-corrected chi connectivity index (χ1v) is 5.58. The largest absolute Gasteiger partial charge is 0.467 e. The summed E-state index contributed by atoms with van der Waals surface area (Å²) in [6.45, 7) is 3.10. The Kier molecular flexibility index (Phi) is 3.41. The first kappa shape index (κ1) is 11.0. The van der Waals surface area contributed by atoms with Crippen molar-refractivity contribution in [2.24, 2.45) is 0 Å². The van der Waals surface area contributed by atoms with E-state index >= 15 is 0 Å². The molecule has 0 radical (unpaired) electrons. The highest BCUT2D eigenvalue weighted by molar-refractivity contribution is 5.21. The molecule has 0 aromatic carbocycles. The molecule has 2 aromatic rings. The van der Waals surface area contributed by atoms with Crippen molar-refractivity contribution in [1.82, 2.24) is 15.1 Å². The fraction of sp³-hybridized carbons (Fsp3) is 0.417. The summed E-state index contributed by atoms with van der Waals surface area (Å²) in [6, 6.07) is 3.95. The van der Waals surface area contributed by atoms with E-state index in [-0.39, 0.29) is 6.04 Å². The minimum absolute atomic E-state index is 0.0839. The Morgan fingerprint density at radius 3 is 3.06 bits per heavy atom. The molecule has 0 spiro atoms. The van der Waals surface area contributed by atoms with Crippen molar-refractivity contribution >= 4 is 0 Å². The summed E-state index contributed by atoms with van der Waals surface area (Å²) in [4.78, 5) is 0. The fourth-order valence-electron chi connectivity index (χ4n) is 1.81. The number of hydrogen-bond donors (Lipinski definition) is 1. The summed E-state index contributed by atoms with van der Waals surface area (Å²) in [5.41, 5.74) is 1.13. The summed E-state index contributed by atoms with van der Waals surface area (Å²) in [7, 11) is 1.92. The Balaban J connectivity index is 2.20. The van der Waals surface area contributed by atoms with Crippen molar-refractivity contribution < 1.29 is 4.42 Å². The van der Waals surface area contributed by atoms with Crippen molar-refractivity contribution in [1.29, 1.82) is 0 Å². The van der Waals surface area contributed by atoms with Gasteiger partial charge in [-0.15, -0.1) is 0 Å². The van der Waals surface area contributed by atoms with Crippen LogP contribution < -0.4 is 5.32 Å². The molecule has 0 aliphatic rings. The van der Waals surface area contributed by atoms with Gasteiger partial charge in [0.05, 0.1) is 18.5 Å². The summed E-state index contributed by atoms with van der Waals surface area (Å²) in [6.07, 6.45) is 6.73. The molecule has 1 N–H and O–H groups in total. The van der Waals surface area contributed by atoms with Gasteiger partial charge in [-0.05, 0) is 25.6 Å². The molecule has 16 heavy (non-hydrogen) atoms. The number of furan rings is 1. The minimum atomic E-state index is 0.0839. The summed E-state index contributed by atoms with van der Waals surface area (Å²) < 4.78 is 7.37. The van der Waals surface area contributed by atoms with Gasteiger partial charge in [0.15, 0.2) is 0 Å². The number of aromatic nitrogens is 2. The Morgan fingerprint density at radius 1 is 1.56 bits per heavy atom. The van der Waals surface area contributed by atoms with Gasteiger partial charge >= 0.3 is 0 Å². The zero-order valence-corrected chi connectivity index (χ0v) is 9.68. The maximum absolute atomic E-state index is 5.41. The van der Waals surface area contributed by atoms with Crippen LogP contribution in [0.5, 0.6) is 0 Å². The van der Waals surface area contributed by atoms with E-state index in [9.17, 15) is 0 Å². The number of hydrogen-bond acceptors (Lipinski definition) is 3. The Morgan fingerprint density at radius 2 is 2.44 bits per heavy atom. The number of nitrogens with one attached hydrogen (secondary N) is 1. The molecule has 4 heteroatoms. The molecule has 0 amide bonds. The zero-order valence-electron chi connectivity index (χ0n) is 9.68. The molecule has 0 bridgehead atoms. The van der Waals surface area contributed by atoms with Crippen molar-refractivity contribution in [2.75, 3.05) is 7.05 Å². The lowest BCUT2D eigenvalue weighted by Crippen LogP contribution is -2.16. The molecule has 1 unspecified atom stereocenters. The van der Waals surface area contributed by atoms with Gasteiger partial charge in [-0.3, -0.25) is 4.68 Å². The van der Waals surface area contributed by atoms with E-state index in [1.807, 2.05) is 30.1 Å². The van der Waals surface area contributed by atoms with Gasteiger partial charge in [0.1, 0.15) is 5.76 Å². The first-order valence-electron chi connectivity index (χ1n) is 5.58. The third-order valence-corrected chi connectivity index (χ3v) is 2.56. The molecule has 0 aliphatic heterocycles. The molecule has 4 nitrogen and oxygen atoms in total. The highest BCUT2D eigenvalue weighted by Crippen LogP contribution is 2.21. The maximum Gasteiger partial charge on any atom is 0.125 e. The quantitative estimate of drug-likeness (QED) is 0.838. The number of nitrogens with zero attached hydrogens (tertiary/aromatic N) is 2. The normalized spacial score (nSPS) is 12.9. The van der Waals surface area contributed by atoms with Crippen molar-refractivity contribution in [2.45, 2.75) is 25.9 Å². The second-order valence-corrected chi connectivity index (χ2v) is 3.77. The van der Waals surface area contributed by atoms with Crippen LogP contribution in [0, 0.1) is 0 Å². The summed E-state index contributed by atoms with van der Waals surface area (Å²) in [5, 5.41) is 7.55. The van der Waals surface area contributed by atoms with Gasteiger partial charge in [-0.2, -0.15) is 5.10 Å². The highest BCUT2D eigenvalue weighted by atomic mass is 16.3. The molecule has 0 fully saturated rings. The second kappa shape index (κ2) is 4.99. The van der Waals surface area contributed by atoms with E-state index in [0.29, 0.717) is 0 Å². The van der Waals surface area contributed by atoms with E-state index in [2.05, 4.69) is 23.5 Å². The van der Waals surface area contributed by atoms with E-state index in [1.54, 1.807) is 6.26 Å². The third kappa shape index (κ3) is 2.17. The smallest absolute Gasteiger partial charge is 0.125 e. The van der Waals surface area contributed by atoms with Crippen LogP contribution in [-0.4, -0.2) is 16.8 Å². The first-order chi connectivity index (χ1) is 7.85. The van der Waals surface area contributed by atoms with Crippen LogP contribution in [0.2, 0.25) is 0 Å².